The second-order valence-electron chi connectivity index (χ2n) is 7.73. The van der Waals surface area contributed by atoms with Crippen molar-refractivity contribution in [2.24, 2.45) is 13.0 Å². The van der Waals surface area contributed by atoms with E-state index in [9.17, 15) is 22.8 Å². The molecule has 0 saturated carbocycles. The van der Waals surface area contributed by atoms with Crippen molar-refractivity contribution in [1.29, 1.82) is 0 Å². The van der Waals surface area contributed by atoms with Crippen molar-refractivity contribution in [2.75, 3.05) is 31.1 Å². The molecule has 1 atom stereocenters. The molecule has 0 N–H and O–H groups in total. The minimum absolute atomic E-state index is 0.0568. The molecule has 0 spiro atoms. The Hall–Kier alpha value is -2.91. The number of pyridine rings is 1. The molecule has 7 nitrogen and oxygen atoms in total. The predicted molar refractivity (Wildman–Crippen MR) is 103 cm³/mol. The van der Waals surface area contributed by atoms with Crippen molar-refractivity contribution >= 4 is 11.7 Å². The highest BCUT2D eigenvalue weighted by Gasteiger charge is 2.33. The highest BCUT2D eigenvalue weighted by molar-refractivity contribution is 5.79. The average Bonchev–Trinajstić information content (AvgIpc) is 2.73. The Morgan fingerprint density at radius 2 is 1.90 bits per heavy atom. The van der Waals surface area contributed by atoms with Gasteiger partial charge in [0.2, 0.25) is 5.91 Å². The van der Waals surface area contributed by atoms with Gasteiger partial charge in [-0.2, -0.15) is 18.3 Å². The highest BCUT2D eigenvalue weighted by Crippen LogP contribution is 2.30. The molecule has 2 aromatic heterocycles. The molecule has 4 rings (SSSR count). The van der Waals surface area contributed by atoms with Gasteiger partial charge in [-0.15, -0.1) is 0 Å². The van der Waals surface area contributed by atoms with Crippen molar-refractivity contribution in [3.63, 3.8) is 0 Å². The van der Waals surface area contributed by atoms with Crippen LogP contribution in [0.1, 0.15) is 23.2 Å². The number of nitrogens with zero attached hydrogens (tertiary/aromatic N) is 5. The van der Waals surface area contributed by atoms with Gasteiger partial charge in [-0.25, -0.2) is 9.67 Å². The standard InChI is InChI=1S/C20H22F3N5O2/c1-26-18(29)11-14-10-13(2-4-16(14)25-26)19(30)28-8-6-27(7-9-28)17-5-3-15(12-24-17)20(21,22)23/h3,5,11-13H,2,4,6-10H2,1H3. The number of carbonyl (C=O) groups excluding carboxylic acids is 1. The molecular weight excluding hydrogens is 399 g/mol. The number of halogens is 3. The maximum Gasteiger partial charge on any atom is 0.417 e. The maximum atomic E-state index is 13.0. The minimum atomic E-state index is -4.41. The van der Waals surface area contributed by atoms with Crippen LogP contribution >= 0.6 is 0 Å². The molecule has 3 heterocycles. The molecule has 0 aromatic carbocycles. The van der Waals surface area contributed by atoms with Gasteiger partial charge in [0.15, 0.2) is 0 Å². The zero-order valence-electron chi connectivity index (χ0n) is 16.5. The first-order valence-electron chi connectivity index (χ1n) is 9.85. The van der Waals surface area contributed by atoms with Crippen molar-refractivity contribution in [3.05, 3.63) is 51.6 Å². The van der Waals surface area contributed by atoms with Crippen LogP contribution in [0, 0.1) is 5.92 Å². The number of anilines is 1. The fourth-order valence-corrected chi connectivity index (χ4v) is 4.05. The molecule has 1 saturated heterocycles. The third-order valence-electron chi connectivity index (χ3n) is 5.79. The molecule has 30 heavy (non-hydrogen) atoms. The Labute approximate surface area is 171 Å². The second-order valence-corrected chi connectivity index (χ2v) is 7.73. The summed E-state index contributed by atoms with van der Waals surface area (Å²) in [5.74, 6) is 0.354. The molecule has 2 aliphatic rings. The lowest BCUT2D eigenvalue weighted by Crippen LogP contribution is -2.51. The first kappa shape index (κ1) is 20.4. The number of amides is 1. The van der Waals surface area contributed by atoms with Crippen molar-refractivity contribution in [1.82, 2.24) is 19.7 Å². The Kier molecular flexibility index (Phi) is 5.25. The van der Waals surface area contributed by atoms with Crippen LogP contribution < -0.4 is 10.5 Å². The van der Waals surface area contributed by atoms with Crippen molar-refractivity contribution in [3.8, 4) is 0 Å². The van der Waals surface area contributed by atoms with Crippen LogP contribution in [0.25, 0.3) is 0 Å². The summed E-state index contributed by atoms with van der Waals surface area (Å²) in [6, 6.07) is 3.96. The number of aromatic nitrogens is 3. The van der Waals surface area contributed by atoms with Gasteiger partial charge in [0.1, 0.15) is 5.82 Å². The topological polar surface area (TPSA) is 71.3 Å². The van der Waals surface area contributed by atoms with E-state index in [4.69, 9.17) is 0 Å². The van der Waals surface area contributed by atoms with E-state index >= 15 is 0 Å². The van der Waals surface area contributed by atoms with E-state index in [0.29, 0.717) is 51.3 Å². The van der Waals surface area contributed by atoms with E-state index < -0.39 is 11.7 Å². The quantitative estimate of drug-likeness (QED) is 0.738. The molecule has 1 amide bonds. The maximum absolute atomic E-state index is 13.0. The minimum Gasteiger partial charge on any atom is -0.353 e. The first-order valence-corrected chi connectivity index (χ1v) is 9.85. The van der Waals surface area contributed by atoms with Gasteiger partial charge in [0.25, 0.3) is 5.56 Å². The zero-order valence-corrected chi connectivity index (χ0v) is 16.5. The van der Waals surface area contributed by atoms with Crippen LogP contribution in [0.15, 0.2) is 29.2 Å². The first-order chi connectivity index (χ1) is 14.2. The number of hydrogen-bond acceptors (Lipinski definition) is 5. The number of fused-ring (bicyclic) bond motifs is 1. The van der Waals surface area contributed by atoms with Crippen LogP contribution in [-0.2, 0) is 30.9 Å². The van der Waals surface area contributed by atoms with E-state index in [-0.39, 0.29) is 17.4 Å². The normalized spacial score (nSPS) is 19.5. The van der Waals surface area contributed by atoms with E-state index in [2.05, 4.69) is 10.1 Å². The van der Waals surface area contributed by atoms with Gasteiger partial charge in [-0.05, 0) is 37.0 Å². The average molecular weight is 421 g/mol. The van der Waals surface area contributed by atoms with Gasteiger partial charge in [-0.3, -0.25) is 9.59 Å². The van der Waals surface area contributed by atoms with E-state index in [1.54, 1.807) is 18.0 Å². The highest BCUT2D eigenvalue weighted by atomic mass is 19.4. The van der Waals surface area contributed by atoms with Crippen LogP contribution in [-0.4, -0.2) is 51.8 Å². The largest absolute Gasteiger partial charge is 0.417 e. The number of aryl methyl sites for hydroxylation is 2. The molecule has 1 aliphatic carbocycles. The van der Waals surface area contributed by atoms with Gasteiger partial charge in [-0.1, -0.05) is 0 Å². The van der Waals surface area contributed by atoms with E-state index in [1.807, 2.05) is 4.90 Å². The SMILES string of the molecule is Cn1nc2c(cc1=O)CC(C(=O)N1CCN(c3ccc(C(F)(F)F)cn3)CC1)CC2. The molecule has 2 aromatic rings. The summed E-state index contributed by atoms with van der Waals surface area (Å²) in [4.78, 5) is 32.4. The van der Waals surface area contributed by atoms with Crippen LogP contribution in [0.5, 0.6) is 0 Å². The van der Waals surface area contributed by atoms with Gasteiger partial charge in [0, 0.05) is 51.4 Å². The van der Waals surface area contributed by atoms with Gasteiger partial charge in [0.05, 0.1) is 11.3 Å². The Bertz CT molecular complexity index is 995. The molecule has 160 valence electrons. The molecule has 10 heteroatoms. The van der Waals surface area contributed by atoms with Crippen LogP contribution in [0.3, 0.4) is 0 Å². The van der Waals surface area contributed by atoms with E-state index in [1.165, 1.54) is 10.7 Å². The monoisotopic (exact) mass is 421 g/mol. The van der Waals surface area contributed by atoms with Gasteiger partial charge < -0.3 is 9.80 Å². The fourth-order valence-electron chi connectivity index (χ4n) is 4.05. The van der Waals surface area contributed by atoms with Crippen molar-refractivity contribution in [2.45, 2.75) is 25.4 Å². The van der Waals surface area contributed by atoms with Crippen LogP contribution in [0.4, 0.5) is 19.0 Å². The molecule has 1 fully saturated rings. The third kappa shape index (κ3) is 4.03. The zero-order chi connectivity index (χ0) is 21.5. The Morgan fingerprint density at radius 1 is 1.17 bits per heavy atom. The van der Waals surface area contributed by atoms with Crippen molar-refractivity contribution < 1.29 is 18.0 Å². The molecule has 0 bridgehead atoms. The smallest absolute Gasteiger partial charge is 0.353 e. The number of hydrogen-bond donors (Lipinski definition) is 0. The summed E-state index contributed by atoms with van der Waals surface area (Å²) in [5, 5.41) is 4.28. The lowest BCUT2D eigenvalue weighted by Gasteiger charge is -2.37. The van der Waals surface area contributed by atoms with E-state index in [0.717, 1.165) is 23.5 Å². The summed E-state index contributed by atoms with van der Waals surface area (Å²) in [6.45, 7) is 1.99. The molecule has 1 unspecified atom stereocenters. The number of carbonyl (C=O) groups is 1. The summed E-state index contributed by atoms with van der Waals surface area (Å²) >= 11 is 0. The molecular formula is C20H22F3N5O2. The number of piperazine rings is 1. The number of alkyl halides is 3. The summed E-state index contributed by atoms with van der Waals surface area (Å²) in [5.41, 5.74) is 0.760. The number of rotatable bonds is 2. The summed E-state index contributed by atoms with van der Waals surface area (Å²) < 4.78 is 39.4. The Morgan fingerprint density at radius 3 is 2.53 bits per heavy atom. The molecule has 1 aliphatic heterocycles. The Balaban J connectivity index is 1.36. The second kappa shape index (κ2) is 7.73. The predicted octanol–water partition coefficient (Wildman–Crippen LogP) is 1.65. The lowest BCUT2D eigenvalue weighted by atomic mass is 9.86. The lowest BCUT2D eigenvalue weighted by molar-refractivity contribution is -0.138. The summed E-state index contributed by atoms with van der Waals surface area (Å²) in [7, 11) is 1.62. The summed E-state index contributed by atoms with van der Waals surface area (Å²) in [6.07, 6.45) is -1.70. The van der Waals surface area contributed by atoms with Gasteiger partial charge >= 0.3 is 6.18 Å². The molecule has 0 radical (unpaired) electrons. The fraction of sp³-hybridized carbons (Fsp3) is 0.500. The third-order valence-corrected chi connectivity index (χ3v) is 5.79. The van der Waals surface area contributed by atoms with Crippen LogP contribution in [0.2, 0.25) is 0 Å².